The molecular weight excluding hydrogens is 268 g/mol. The molecule has 1 aromatic rings. The van der Waals surface area contributed by atoms with E-state index in [1.54, 1.807) is 0 Å². The first-order valence-electron chi connectivity index (χ1n) is 8.38. The van der Waals surface area contributed by atoms with Gasteiger partial charge in [0.2, 0.25) is 0 Å². The van der Waals surface area contributed by atoms with Crippen molar-refractivity contribution in [2.24, 2.45) is 5.41 Å². The Labute approximate surface area is 135 Å². The predicted octanol–water partition coefficient (Wildman–Crippen LogP) is 4.89. The van der Waals surface area contributed by atoms with Crippen LogP contribution in [-0.2, 0) is 5.41 Å². The summed E-state index contributed by atoms with van der Waals surface area (Å²) in [5, 5.41) is 0. The Morgan fingerprint density at radius 1 is 1.18 bits per heavy atom. The molecule has 3 atom stereocenters. The lowest BCUT2D eigenvalue weighted by molar-refractivity contribution is 0.0501. The second-order valence-corrected chi connectivity index (χ2v) is 7.07. The van der Waals surface area contributed by atoms with Gasteiger partial charge in [-0.05, 0) is 31.4 Å². The molecular formula is C20H28N2. The van der Waals surface area contributed by atoms with E-state index in [1.807, 2.05) is 0 Å². The minimum atomic E-state index is 0.0137. The number of benzene rings is 1. The van der Waals surface area contributed by atoms with E-state index in [1.165, 1.54) is 16.8 Å². The largest absolute Gasteiger partial charge is 0.358 e. The average Bonchev–Trinajstić information content (AvgIpc) is 2.90. The fraction of sp³-hybridized carbons (Fsp3) is 0.500. The molecule has 0 N–H and O–H groups in total. The minimum Gasteiger partial charge on any atom is -0.358 e. The average molecular weight is 296 g/mol. The standard InChI is InChI=1S/C20H28N2/c1-7-19(5)18-21(6)13-14-22(18)17-12-10-9-11-16(17)20(19,8-2)15(3)4/h9-14,18H,3,7-8H2,1-2,4-6H3. The van der Waals surface area contributed by atoms with E-state index >= 15 is 0 Å². The number of nitrogens with zero attached hydrogens (tertiary/aromatic N) is 2. The summed E-state index contributed by atoms with van der Waals surface area (Å²) in [5.74, 6) is 0. The zero-order chi connectivity index (χ0) is 16.1. The topological polar surface area (TPSA) is 6.48 Å². The third kappa shape index (κ3) is 1.56. The van der Waals surface area contributed by atoms with Crippen LogP contribution in [0, 0.1) is 5.41 Å². The van der Waals surface area contributed by atoms with E-state index in [2.05, 4.69) is 87.8 Å². The van der Waals surface area contributed by atoms with Crippen LogP contribution < -0.4 is 4.90 Å². The fourth-order valence-corrected chi connectivity index (χ4v) is 5.19. The van der Waals surface area contributed by atoms with E-state index in [0.29, 0.717) is 6.17 Å². The highest BCUT2D eigenvalue weighted by Crippen LogP contribution is 2.61. The maximum atomic E-state index is 4.45. The summed E-state index contributed by atoms with van der Waals surface area (Å²) in [6.45, 7) is 13.7. The van der Waals surface area contributed by atoms with Gasteiger partial charge in [0.1, 0.15) is 6.17 Å². The number of hydrogen-bond acceptors (Lipinski definition) is 2. The molecule has 0 aliphatic carbocycles. The molecule has 2 heterocycles. The number of rotatable bonds is 3. The Morgan fingerprint density at radius 3 is 2.45 bits per heavy atom. The van der Waals surface area contributed by atoms with E-state index < -0.39 is 0 Å². The molecule has 3 unspecified atom stereocenters. The molecule has 118 valence electrons. The number of para-hydroxylation sites is 1. The Morgan fingerprint density at radius 2 is 1.86 bits per heavy atom. The molecule has 0 saturated heterocycles. The van der Waals surface area contributed by atoms with Crippen molar-refractivity contribution in [3.8, 4) is 0 Å². The molecule has 2 aliphatic rings. The maximum absolute atomic E-state index is 4.45. The molecule has 0 fully saturated rings. The Kier molecular flexibility index (Phi) is 3.39. The van der Waals surface area contributed by atoms with E-state index in [4.69, 9.17) is 0 Å². The summed E-state index contributed by atoms with van der Waals surface area (Å²) in [6.07, 6.45) is 7.00. The van der Waals surface area contributed by atoms with Crippen LogP contribution in [0.15, 0.2) is 48.8 Å². The molecule has 3 rings (SSSR count). The zero-order valence-corrected chi connectivity index (χ0v) is 14.6. The highest BCUT2D eigenvalue weighted by atomic mass is 15.4. The lowest BCUT2D eigenvalue weighted by Gasteiger charge is -2.60. The molecule has 0 saturated carbocycles. The van der Waals surface area contributed by atoms with Crippen molar-refractivity contribution in [3.05, 3.63) is 54.4 Å². The van der Waals surface area contributed by atoms with Crippen LogP contribution in [0.4, 0.5) is 5.69 Å². The maximum Gasteiger partial charge on any atom is 0.112 e. The number of anilines is 1. The molecule has 0 radical (unpaired) electrons. The monoisotopic (exact) mass is 296 g/mol. The van der Waals surface area contributed by atoms with Crippen molar-refractivity contribution in [1.29, 1.82) is 0 Å². The molecule has 2 aliphatic heterocycles. The first-order valence-corrected chi connectivity index (χ1v) is 8.38. The lowest BCUT2D eigenvalue weighted by atomic mass is 9.51. The zero-order valence-electron chi connectivity index (χ0n) is 14.6. The Balaban J connectivity index is 2.37. The van der Waals surface area contributed by atoms with Gasteiger partial charge in [0.15, 0.2) is 0 Å². The fourth-order valence-electron chi connectivity index (χ4n) is 5.19. The second-order valence-electron chi connectivity index (χ2n) is 7.07. The number of hydrogen-bond donors (Lipinski definition) is 0. The van der Waals surface area contributed by atoms with Gasteiger partial charge in [-0.2, -0.15) is 0 Å². The number of fused-ring (bicyclic) bond motifs is 3. The van der Waals surface area contributed by atoms with Crippen LogP contribution in [0.3, 0.4) is 0 Å². The van der Waals surface area contributed by atoms with Crippen molar-refractivity contribution >= 4 is 5.69 Å². The van der Waals surface area contributed by atoms with Gasteiger partial charge in [-0.3, -0.25) is 0 Å². The molecule has 22 heavy (non-hydrogen) atoms. The predicted molar refractivity (Wildman–Crippen MR) is 94.8 cm³/mol. The van der Waals surface area contributed by atoms with E-state index in [9.17, 15) is 0 Å². The molecule has 1 aromatic carbocycles. The summed E-state index contributed by atoms with van der Waals surface area (Å²) in [5.41, 5.74) is 4.18. The quantitative estimate of drug-likeness (QED) is 0.733. The van der Waals surface area contributed by atoms with Gasteiger partial charge in [0, 0.05) is 36.0 Å². The molecule has 0 aromatic heterocycles. The molecule has 2 nitrogen and oxygen atoms in total. The molecule has 0 amide bonds. The van der Waals surface area contributed by atoms with Gasteiger partial charge in [0.25, 0.3) is 0 Å². The second kappa shape index (κ2) is 4.91. The highest BCUT2D eigenvalue weighted by molar-refractivity contribution is 5.67. The number of allylic oxidation sites excluding steroid dienone is 1. The van der Waals surface area contributed by atoms with Gasteiger partial charge >= 0.3 is 0 Å². The lowest BCUT2D eigenvalue weighted by Crippen LogP contribution is -2.62. The van der Waals surface area contributed by atoms with Crippen molar-refractivity contribution in [2.75, 3.05) is 11.9 Å². The first-order chi connectivity index (χ1) is 10.4. The highest BCUT2D eigenvalue weighted by Gasteiger charge is 2.59. The third-order valence-corrected chi connectivity index (χ3v) is 6.29. The van der Waals surface area contributed by atoms with E-state index in [-0.39, 0.29) is 10.8 Å². The third-order valence-electron chi connectivity index (χ3n) is 6.29. The summed E-state index contributed by atoms with van der Waals surface area (Å²) in [4.78, 5) is 4.82. The van der Waals surface area contributed by atoms with Crippen LogP contribution >= 0.6 is 0 Å². The minimum absolute atomic E-state index is 0.0137. The van der Waals surface area contributed by atoms with Crippen molar-refractivity contribution in [3.63, 3.8) is 0 Å². The van der Waals surface area contributed by atoms with Gasteiger partial charge in [0.05, 0.1) is 0 Å². The van der Waals surface area contributed by atoms with Gasteiger partial charge < -0.3 is 9.80 Å². The summed E-state index contributed by atoms with van der Waals surface area (Å²) in [7, 11) is 2.20. The summed E-state index contributed by atoms with van der Waals surface area (Å²) in [6, 6.07) is 8.89. The normalized spacial score (nSPS) is 32.9. The van der Waals surface area contributed by atoms with Gasteiger partial charge in [-0.1, -0.05) is 51.1 Å². The van der Waals surface area contributed by atoms with Crippen LogP contribution in [0.25, 0.3) is 0 Å². The van der Waals surface area contributed by atoms with Crippen LogP contribution in [0.2, 0.25) is 0 Å². The smallest absolute Gasteiger partial charge is 0.112 e. The summed E-state index contributed by atoms with van der Waals surface area (Å²) < 4.78 is 0. The van der Waals surface area contributed by atoms with Crippen LogP contribution in [-0.4, -0.2) is 18.1 Å². The van der Waals surface area contributed by atoms with Crippen LogP contribution in [0.1, 0.15) is 46.1 Å². The van der Waals surface area contributed by atoms with Gasteiger partial charge in [-0.25, -0.2) is 0 Å². The molecule has 0 spiro atoms. The van der Waals surface area contributed by atoms with Crippen molar-refractivity contribution in [2.45, 2.75) is 52.1 Å². The SMILES string of the molecule is C=C(C)C1(CC)c2ccccc2N2C=CN(C)C2C1(C)CC. The molecule has 2 heteroatoms. The van der Waals surface area contributed by atoms with Gasteiger partial charge in [-0.15, -0.1) is 0 Å². The van der Waals surface area contributed by atoms with Crippen LogP contribution in [0.5, 0.6) is 0 Å². The van der Waals surface area contributed by atoms with Crippen molar-refractivity contribution < 1.29 is 0 Å². The summed E-state index contributed by atoms with van der Waals surface area (Å²) >= 11 is 0. The Hall–Kier alpha value is -1.70. The Bertz CT molecular complexity index is 632. The van der Waals surface area contributed by atoms with E-state index in [0.717, 1.165) is 12.8 Å². The molecule has 0 bridgehead atoms. The first kappa shape index (κ1) is 15.2. The van der Waals surface area contributed by atoms with Crippen molar-refractivity contribution in [1.82, 2.24) is 4.90 Å².